The van der Waals surface area contributed by atoms with Crippen LogP contribution in [0.3, 0.4) is 0 Å². The monoisotopic (exact) mass is 335 g/mol. The molecule has 3 rings (SSSR count). The molecule has 0 unspecified atom stereocenters. The predicted octanol–water partition coefficient (Wildman–Crippen LogP) is 3.83. The molecule has 0 aliphatic carbocycles. The zero-order valence-electron chi connectivity index (χ0n) is 10.6. The average Bonchev–Trinajstić information content (AvgIpc) is 2.96. The van der Waals surface area contributed by atoms with Crippen molar-refractivity contribution in [2.24, 2.45) is 7.05 Å². The summed E-state index contributed by atoms with van der Waals surface area (Å²) in [5, 5.41) is 4.37. The fraction of sp³-hybridized carbons (Fsp3) is 0.0714. The Balaban J connectivity index is 2.31. The van der Waals surface area contributed by atoms with Gasteiger partial charge in [-0.2, -0.15) is 5.10 Å². The number of nitrogens with zero attached hydrogens (tertiary/aromatic N) is 2. The van der Waals surface area contributed by atoms with Gasteiger partial charge in [0.2, 0.25) is 0 Å². The van der Waals surface area contributed by atoms with E-state index in [2.05, 4.69) is 21.0 Å². The van der Waals surface area contributed by atoms with Crippen LogP contribution in [-0.2, 0) is 7.05 Å². The number of hydrogen-bond donors (Lipinski definition) is 1. The summed E-state index contributed by atoms with van der Waals surface area (Å²) in [7, 11) is 1.72. The van der Waals surface area contributed by atoms with Crippen LogP contribution in [0.25, 0.3) is 22.4 Å². The molecule has 2 aromatic heterocycles. The molecular formula is C14H11BrFN3O. The molecule has 0 aliphatic heterocycles. The van der Waals surface area contributed by atoms with Crippen LogP contribution in [0.4, 0.5) is 10.2 Å². The quantitative estimate of drug-likeness (QED) is 0.774. The van der Waals surface area contributed by atoms with Gasteiger partial charge in [0.25, 0.3) is 0 Å². The van der Waals surface area contributed by atoms with Gasteiger partial charge in [-0.1, -0.05) is 18.2 Å². The lowest BCUT2D eigenvalue weighted by Crippen LogP contribution is -1.98. The van der Waals surface area contributed by atoms with Crippen LogP contribution in [0.15, 0.2) is 45.7 Å². The van der Waals surface area contributed by atoms with E-state index in [1.54, 1.807) is 31.3 Å². The number of anilines is 1. The highest BCUT2D eigenvalue weighted by Crippen LogP contribution is 2.39. The number of rotatable bonds is 2. The van der Waals surface area contributed by atoms with Crippen molar-refractivity contribution < 1.29 is 8.81 Å². The van der Waals surface area contributed by atoms with Crippen LogP contribution >= 0.6 is 15.9 Å². The van der Waals surface area contributed by atoms with E-state index in [-0.39, 0.29) is 5.82 Å². The van der Waals surface area contributed by atoms with Crippen LogP contribution in [-0.4, -0.2) is 9.78 Å². The molecule has 0 spiro atoms. The van der Waals surface area contributed by atoms with Crippen LogP contribution in [0.2, 0.25) is 0 Å². The Morgan fingerprint density at radius 2 is 2.00 bits per heavy atom. The van der Waals surface area contributed by atoms with Crippen molar-refractivity contribution in [1.82, 2.24) is 9.78 Å². The van der Waals surface area contributed by atoms with E-state index >= 15 is 0 Å². The van der Waals surface area contributed by atoms with Crippen molar-refractivity contribution >= 4 is 21.7 Å². The molecule has 20 heavy (non-hydrogen) atoms. The fourth-order valence-corrected chi connectivity index (χ4v) is 2.55. The summed E-state index contributed by atoms with van der Waals surface area (Å²) in [6, 6.07) is 8.24. The van der Waals surface area contributed by atoms with Crippen LogP contribution < -0.4 is 5.73 Å². The minimum atomic E-state index is -0.340. The maximum atomic E-state index is 14.1. The predicted molar refractivity (Wildman–Crippen MR) is 78.4 cm³/mol. The molecule has 4 nitrogen and oxygen atoms in total. The van der Waals surface area contributed by atoms with E-state index in [1.807, 2.05) is 0 Å². The van der Waals surface area contributed by atoms with Gasteiger partial charge in [-0.15, -0.1) is 0 Å². The van der Waals surface area contributed by atoms with Gasteiger partial charge < -0.3 is 10.2 Å². The third-order valence-electron chi connectivity index (χ3n) is 3.11. The number of nitrogen functional groups attached to an aromatic ring is 1. The first-order valence-electron chi connectivity index (χ1n) is 5.90. The number of aryl methyl sites for hydroxylation is 1. The van der Waals surface area contributed by atoms with Crippen LogP contribution in [0, 0.1) is 5.82 Å². The number of benzene rings is 1. The highest BCUT2D eigenvalue weighted by atomic mass is 79.9. The van der Waals surface area contributed by atoms with Crippen LogP contribution in [0.1, 0.15) is 0 Å². The number of furan rings is 1. The third kappa shape index (κ3) is 1.92. The maximum Gasteiger partial charge on any atom is 0.178 e. The molecule has 3 aromatic rings. The molecule has 6 heteroatoms. The average molecular weight is 336 g/mol. The highest BCUT2D eigenvalue weighted by molar-refractivity contribution is 9.10. The minimum Gasteiger partial charge on any atom is -0.457 e. The Hall–Kier alpha value is -2.08. The molecule has 0 aliphatic rings. The van der Waals surface area contributed by atoms with Gasteiger partial charge in [0.05, 0.1) is 17.4 Å². The van der Waals surface area contributed by atoms with E-state index in [1.165, 1.54) is 17.0 Å². The third-order valence-corrected chi connectivity index (χ3v) is 3.72. The number of halogens is 2. The van der Waals surface area contributed by atoms with E-state index in [0.717, 1.165) is 5.56 Å². The van der Waals surface area contributed by atoms with Crippen molar-refractivity contribution in [2.45, 2.75) is 0 Å². The molecule has 1 aromatic carbocycles. The Labute approximate surface area is 123 Å². The first-order valence-corrected chi connectivity index (χ1v) is 6.69. The lowest BCUT2D eigenvalue weighted by Gasteiger charge is -2.04. The normalized spacial score (nSPS) is 10.9. The standard InChI is InChI=1S/C14H11BrFN3O/c1-19-14(17)11(8-4-2-3-5-10(8)16)12(18-19)9-6-7-20-13(9)15/h2-7H,17H2,1H3. The summed E-state index contributed by atoms with van der Waals surface area (Å²) in [6.45, 7) is 0. The second kappa shape index (κ2) is 4.79. The van der Waals surface area contributed by atoms with Crippen molar-refractivity contribution in [3.8, 4) is 22.4 Å². The molecule has 102 valence electrons. The molecule has 0 radical (unpaired) electrons. The summed E-state index contributed by atoms with van der Waals surface area (Å²) in [6.07, 6.45) is 1.54. The van der Waals surface area contributed by atoms with Crippen molar-refractivity contribution in [2.75, 3.05) is 5.73 Å². The summed E-state index contributed by atoms with van der Waals surface area (Å²) in [5.74, 6) is 0.0614. The largest absolute Gasteiger partial charge is 0.457 e. The topological polar surface area (TPSA) is 57.0 Å². The number of nitrogens with two attached hydrogens (primary N) is 1. The molecule has 2 heterocycles. The Bertz CT molecular complexity index is 779. The second-order valence-electron chi connectivity index (χ2n) is 4.32. The summed E-state index contributed by atoms with van der Waals surface area (Å²) in [5.41, 5.74) is 8.34. The van der Waals surface area contributed by atoms with Gasteiger partial charge in [-0.25, -0.2) is 4.39 Å². The SMILES string of the molecule is Cn1nc(-c2ccoc2Br)c(-c2ccccc2F)c1N. The maximum absolute atomic E-state index is 14.1. The summed E-state index contributed by atoms with van der Waals surface area (Å²) >= 11 is 3.31. The minimum absolute atomic E-state index is 0.340. The van der Waals surface area contributed by atoms with Gasteiger partial charge in [0.15, 0.2) is 4.67 Å². The molecule has 0 saturated carbocycles. The van der Waals surface area contributed by atoms with E-state index in [9.17, 15) is 4.39 Å². The Morgan fingerprint density at radius 3 is 2.65 bits per heavy atom. The molecule has 2 N–H and O–H groups in total. The zero-order valence-corrected chi connectivity index (χ0v) is 12.2. The smallest absolute Gasteiger partial charge is 0.178 e. The molecule has 0 fully saturated rings. The Kier molecular flexibility index (Phi) is 3.10. The number of aromatic nitrogens is 2. The first-order chi connectivity index (χ1) is 9.59. The zero-order chi connectivity index (χ0) is 14.3. The fourth-order valence-electron chi connectivity index (χ4n) is 2.12. The first kappa shape index (κ1) is 12.9. The van der Waals surface area contributed by atoms with Crippen molar-refractivity contribution in [3.05, 3.63) is 47.1 Å². The van der Waals surface area contributed by atoms with Crippen molar-refractivity contribution in [3.63, 3.8) is 0 Å². The lowest BCUT2D eigenvalue weighted by atomic mass is 10.0. The van der Waals surface area contributed by atoms with Crippen LogP contribution in [0.5, 0.6) is 0 Å². The van der Waals surface area contributed by atoms with Gasteiger partial charge in [-0.05, 0) is 28.1 Å². The molecule has 0 saturated heterocycles. The molecular weight excluding hydrogens is 325 g/mol. The lowest BCUT2D eigenvalue weighted by molar-refractivity contribution is 0.542. The van der Waals surface area contributed by atoms with Gasteiger partial charge in [0, 0.05) is 12.6 Å². The van der Waals surface area contributed by atoms with Gasteiger partial charge in [0.1, 0.15) is 17.3 Å². The van der Waals surface area contributed by atoms with Gasteiger partial charge in [-0.3, -0.25) is 4.68 Å². The highest BCUT2D eigenvalue weighted by Gasteiger charge is 2.22. The number of hydrogen-bond acceptors (Lipinski definition) is 3. The van der Waals surface area contributed by atoms with E-state index in [0.29, 0.717) is 27.3 Å². The summed E-state index contributed by atoms with van der Waals surface area (Å²) in [4.78, 5) is 0. The van der Waals surface area contributed by atoms with Crippen molar-refractivity contribution in [1.29, 1.82) is 0 Å². The molecule has 0 amide bonds. The molecule has 0 bridgehead atoms. The van der Waals surface area contributed by atoms with Gasteiger partial charge >= 0.3 is 0 Å². The Morgan fingerprint density at radius 1 is 1.25 bits per heavy atom. The second-order valence-corrected chi connectivity index (χ2v) is 5.04. The van der Waals surface area contributed by atoms with E-state index in [4.69, 9.17) is 10.2 Å². The van der Waals surface area contributed by atoms with E-state index < -0.39 is 0 Å². The molecule has 0 atom stereocenters. The summed E-state index contributed by atoms with van der Waals surface area (Å²) < 4.78 is 21.3.